The molecule has 0 spiro atoms. The highest BCUT2D eigenvalue weighted by Gasteiger charge is 2.15. The number of ether oxygens (including phenoxy) is 1. The molecule has 2 aromatic rings. The van der Waals surface area contributed by atoms with Gasteiger partial charge in [0.2, 0.25) is 0 Å². The van der Waals surface area contributed by atoms with Crippen LogP contribution in [0, 0.1) is 0 Å². The van der Waals surface area contributed by atoms with E-state index in [4.69, 9.17) is 4.74 Å². The molecule has 1 aromatic carbocycles. The molecule has 0 aliphatic heterocycles. The van der Waals surface area contributed by atoms with E-state index in [1.807, 2.05) is 29.9 Å². The van der Waals surface area contributed by atoms with E-state index in [9.17, 15) is 0 Å². The second-order valence-electron chi connectivity index (χ2n) is 6.28. The van der Waals surface area contributed by atoms with Crippen LogP contribution in [-0.4, -0.2) is 54.9 Å². The molecule has 2 rings (SSSR count). The fourth-order valence-electron chi connectivity index (χ4n) is 2.70. The minimum Gasteiger partial charge on any atom is -0.497 e. The van der Waals surface area contributed by atoms with E-state index in [0.717, 1.165) is 30.5 Å². The third-order valence-electron chi connectivity index (χ3n) is 4.23. The summed E-state index contributed by atoms with van der Waals surface area (Å²) in [5.74, 6) is 1.66. The van der Waals surface area contributed by atoms with Crippen LogP contribution in [-0.2, 0) is 13.6 Å². The molecule has 0 bridgehead atoms. The Labute approximate surface area is 156 Å². The lowest BCUT2D eigenvalue weighted by Gasteiger charge is -2.26. The topological polar surface area (TPSA) is 66.7 Å². The molecule has 1 atom stereocenters. The van der Waals surface area contributed by atoms with Crippen LogP contribution in [0.15, 0.2) is 41.5 Å². The van der Waals surface area contributed by atoms with Gasteiger partial charge in [-0.3, -0.25) is 4.68 Å². The summed E-state index contributed by atoms with van der Waals surface area (Å²) < 4.78 is 7.20. The second kappa shape index (κ2) is 9.82. The Morgan fingerprint density at radius 1 is 1.31 bits per heavy atom. The van der Waals surface area contributed by atoms with Crippen LogP contribution in [0.3, 0.4) is 0 Å². The molecule has 0 aliphatic carbocycles. The lowest BCUT2D eigenvalue weighted by Crippen LogP contribution is -2.41. The Morgan fingerprint density at radius 3 is 2.73 bits per heavy atom. The first-order chi connectivity index (χ1) is 12.5. The molecule has 26 heavy (non-hydrogen) atoms. The molecule has 0 radical (unpaired) electrons. The Bertz CT molecular complexity index is 710. The summed E-state index contributed by atoms with van der Waals surface area (Å²) in [6.07, 6.45) is 1.79. The standard InChI is InChI=1S/C19H30N6O/c1-6-20-19(21-13-16-10-11-23-25(16)4)22-14-18(24(2)3)15-8-7-9-17(12-15)26-5/h7-12,18H,6,13-14H2,1-5H3,(H2,20,21,22). The van der Waals surface area contributed by atoms with E-state index >= 15 is 0 Å². The monoisotopic (exact) mass is 358 g/mol. The molecule has 0 amide bonds. The van der Waals surface area contributed by atoms with Gasteiger partial charge in [-0.15, -0.1) is 0 Å². The fraction of sp³-hybridized carbons (Fsp3) is 0.474. The van der Waals surface area contributed by atoms with Crippen molar-refractivity contribution in [1.82, 2.24) is 25.3 Å². The van der Waals surface area contributed by atoms with Crippen LogP contribution in [0.1, 0.15) is 24.2 Å². The van der Waals surface area contributed by atoms with Gasteiger partial charge < -0.3 is 20.3 Å². The summed E-state index contributed by atoms with van der Waals surface area (Å²) in [7, 11) is 7.77. The molecular formula is C19H30N6O. The van der Waals surface area contributed by atoms with Crippen molar-refractivity contribution in [2.24, 2.45) is 12.0 Å². The number of methoxy groups -OCH3 is 1. The zero-order valence-electron chi connectivity index (χ0n) is 16.4. The van der Waals surface area contributed by atoms with Gasteiger partial charge in [-0.25, -0.2) is 4.99 Å². The van der Waals surface area contributed by atoms with Crippen molar-refractivity contribution in [1.29, 1.82) is 0 Å². The van der Waals surface area contributed by atoms with Gasteiger partial charge in [0.05, 0.1) is 25.4 Å². The van der Waals surface area contributed by atoms with Gasteiger partial charge in [0.25, 0.3) is 0 Å². The second-order valence-corrected chi connectivity index (χ2v) is 6.28. The number of benzene rings is 1. The zero-order valence-corrected chi connectivity index (χ0v) is 16.4. The van der Waals surface area contributed by atoms with Gasteiger partial charge in [0, 0.05) is 26.3 Å². The SMILES string of the molecule is CCNC(=NCc1ccnn1C)NCC(c1cccc(OC)c1)N(C)C. The lowest BCUT2D eigenvalue weighted by atomic mass is 10.1. The van der Waals surface area contributed by atoms with Crippen LogP contribution in [0.2, 0.25) is 0 Å². The van der Waals surface area contributed by atoms with Crippen molar-refractivity contribution in [3.05, 3.63) is 47.8 Å². The van der Waals surface area contributed by atoms with Crippen molar-refractivity contribution in [2.45, 2.75) is 19.5 Å². The first kappa shape index (κ1) is 19.8. The number of nitrogens with zero attached hydrogens (tertiary/aromatic N) is 4. The maximum absolute atomic E-state index is 5.36. The molecule has 1 unspecified atom stereocenters. The Morgan fingerprint density at radius 2 is 2.12 bits per heavy atom. The van der Waals surface area contributed by atoms with Gasteiger partial charge in [-0.05, 0) is 44.8 Å². The van der Waals surface area contributed by atoms with Gasteiger partial charge >= 0.3 is 0 Å². The highest BCUT2D eigenvalue weighted by molar-refractivity contribution is 5.79. The van der Waals surface area contributed by atoms with Crippen LogP contribution in [0.5, 0.6) is 5.75 Å². The molecule has 7 nitrogen and oxygen atoms in total. The van der Waals surface area contributed by atoms with E-state index in [1.165, 1.54) is 5.56 Å². The molecule has 142 valence electrons. The Kier molecular flexibility index (Phi) is 7.47. The smallest absolute Gasteiger partial charge is 0.191 e. The summed E-state index contributed by atoms with van der Waals surface area (Å²) in [4.78, 5) is 6.85. The third-order valence-corrected chi connectivity index (χ3v) is 4.23. The third kappa shape index (κ3) is 5.49. The highest BCUT2D eigenvalue weighted by atomic mass is 16.5. The summed E-state index contributed by atoms with van der Waals surface area (Å²) >= 11 is 0. The summed E-state index contributed by atoms with van der Waals surface area (Å²) in [6.45, 7) is 4.19. The molecule has 0 aliphatic rings. The van der Waals surface area contributed by atoms with Gasteiger partial charge in [0.15, 0.2) is 5.96 Å². The molecule has 0 fully saturated rings. The van der Waals surface area contributed by atoms with E-state index in [1.54, 1.807) is 13.3 Å². The van der Waals surface area contributed by atoms with E-state index in [-0.39, 0.29) is 6.04 Å². The summed E-state index contributed by atoms with van der Waals surface area (Å²) in [5.41, 5.74) is 2.27. The molecule has 0 saturated carbocycles. The molecule has 1 heterocycles. The number of hydrogen-bond donors (Lipinski definition) is 2. The normalized spacial score (nSPS) is 12.9. The van der Waals surface area contributed by atoms with Gasteiger partial charge in [-0.2, -0.15) is 5.10 Å². The van der Waals surface area contributed by atoms with Crippen molar-refractivity contribution >= 4 is 5.96 Å². The fourth-order valence-corrected chi connectivity index (χ4v) is 2.70. The van der Waals surface area contributed by atoms with Gasteiger partial charge in [0.1, 0.15) is 5.75 Å². The van der Waals surface area contributed by atoms with Crippen molar-refractivity contribution in [2.75, 3.05) is 34.3 Å². The van der Waals surface area contributed by atoms with Crippen molar-refractivity contribution in [3.8, 4) is 5.75 Å². The molecule has 1 aromatic heterocycles. The maximum atomic E-state index is 5.36. The number of rotatable bonds is 8. The lowest BCUT2D eigenvalue weighted by molar-refractivity contribution is 0.297. The quantitative estimate of drug-likeness (QED) is 0.556. The number of nitrogens with one attached hydrogen (secondary N) is 2. The average Bonchev–Trinajstić information content (AvgIpc) is 3.04. The zero-order chi connectivity index (χ0) is 18.9. The number of likely N-dealkylation sites (N-methyl/N-ethyl adjacent to an activating group) is 1. The summed E-state index contributed by atoms with van der Waals surface area (Å²) in [6, 6.07) is 10.4. The minimum atomic E-state index is 0.200. The molecule has 0 saturated heterocycles. The average molecular weight is 358 g/mol. The molecular weight excluding hydrogens is 328 g/mol. The van der Waals surface area contributed by atoms with E-state index in [0.29, 0.717) is 6.54 Å². The molecule has 2 N–H and O–H groups in total. The largest absolute Gasteiger partial charge is 0.497 e. The minimum absolute atomic E-state index is 0.200. The number of aromatic nitrogens is 2. The van der Waals surface area contributed by atoms with E-state index in [2.05, 4.69) is 58.8 Å². The summed E-state index contributed by atoms with van der Waals surface area (Å²) in [5, 5.41) is 10.9. The van der Waals surface area contributed by atoms with Crippen LogP contribution < -0.4 is 15.4 Å². The predicted octanol–water partition coefficient (Wildman–Crippen LogP) is 1.79. The maximum Gasteiger partial charge on any atom is 0.191 e. The van der Waals surface area contributed by atoms with Crippen molar-refractivity contribution in [3.63, 3.8) is 0 Å². The number of guanidine groups is 1. The number of aryl methyl sites for hydroxylation is 1. The van der Waals surface area contributed by atoms with E-state index < -0.39 is 0 Å². The molecule has 7 heteroatoms. The van der Waals surface area contributed by atoms with Crippen LogP contribution in [0.25, 0.3) is 0 Å². The first-order valence-corrected chi connectivity index (χ1v) is 8.84. The Balaban J connectivity index is 2.07. The first-order valence-electron chi connectivity index (χ1n) is 8.84. The number of hydrogen-bond acceptors (Lipinski definition) is 4. The highest BCUT2D eigenvalue weighted by Crippen LogP contribution is 2.22. The van der Waals surface area contributed by atoms with Gasteiger partial charge in [-0.1, -0.05) is 12.1 Å². The number of aliphatic imine (C=N–C) groups is 1. The van der Waals surface area contributed by atoms with Crippen LogP contribution in [0.4, 0.5) is 0 Å². The van der Waals surface area contributed by atoms with Crippen molar-refractivity contribution < 1.29 is 4.74 Å². The van der Waals surface area contributed by atoms with Crippen LogP contribution >= 0.6 is 0 Å². The predicted molar refractivity (Wildman–Crippen MR) is 105 cm³/mol. The Hall–Kier alpha value is -2.54.